The Morgan fingerprint density at radius 3 is 1.45 bits per heavy atom. The molecule has 3 heterocycles. The fraction of sp³-hybridized carbons (Fsp3) is 0.375. The van der Waals surface area contributed by atoms with Crippen molar-refractivity contribution in [1.29, 1.82) is 0 Å². The number of rotatable bonds is 5. The standard InChI is InChI=1S/C28H26F2N4O4.C20H23F2N3O3/c1-28(2,3)38-27(37)33-22-16(15-9-6-10-19(29)21(15)30)11-12-20(23-24(22)32-14-13-31-23)34-25(35)17-7-4-5-8-18(17)26(34)36;1-20(2,3)28-19(27)25-16-12(11-5-4-6-13(21)15(11)22)7-8-14(26)17-18(16)24-10-9-23-17/h4-10,13-14,16,20,22H,11-12H2,1-3H3,(H,33,37);4-6,9-10,12,14,16,26H,7-8H2,1-3H3,(H,25,27)/t16-,20+,22-;12-,14-,16-/m00/s1. The van der Waals surface area contributed by atoms with Gasteiger partial charge < -0.3 is 25.2 Å². The Morgan fingerprint density at radius 2 is 1.00 bits per heavy atom. The number of amides is 4. The van der Waals surface area contributed by atoms with Crippen molar-refractivity contribution in [3.05, 3.63) is 154 Å². The Kier molecular flexibility index (Phi) is 13.5. The molecule has 0 unspecified atom stereocenters. The number of aromatic nitrogens is 4. The highest BCUT2D eigenvalue weighted by Crippen LogP contribution is 2.47. The summed E-state index contributed by atoms with van der Waals surface area (Å²) in [6.07, 6.45) is 4.21. The molecule has 5 aromatic rings. The SMILES string of the molecule is CC(C)(C)OC(=O)N[C@@H]1c2nccnc2[C@@H](O)CC[C@H]1c1cccc(F)c1F.CC(C)(C)OC(=O)N[C@@H]1c2nccnc2[C@H](N2C(=O)c3ccccc3C2=O)CC[C@H]1c1cccc(F)c1F. The van der Waals surface area contributed by atoms with Gasteiger partial charge in [0.2, 0.25) is 0 Å². The molecular formula is C48H49F4N7O7. The van der Waals surface area contributed by atoms with Gasteiger partial charge in [0.15, 0.2) is 23.3 Å². The van der Waals surface area contributed by atoms with Crippen LogP contribution < -0.4 is 10.6 Å². The number of imide groups is 1. The fourth-order valence-electron chi connectivity index (χ4n) is 8.61. The number of benzene rings is 3. The third-order valence-corrected chi connectivity index (χ3v) is 11.3. The number of carbonyl (C=O) groups is 4. The number of alkyl carbamates (subject to hydrolysis) is 2. The van der Waals surface area contributed by atoms with Crippen molar-refractivity contribution < 1.29 is 51.3 Å². The summed E-state index contributed by atoms with van der Waals surface area (Å²) in [5.41, 5.74) is 0.300. The van der Waals surface area contributed by atoms with Crippen LogP contribution in [-0.4, -0.2) is 65.1 Å². The highest BCUT2D eigenvalue weighted by atomic mass is 19.2. The minimum Gasteiger partial charge on any atom is -0.444 e. The molecule has 14 nitrogen and oxygen atoms in total. The lowest BCUT2D eigenvalue weighted by Crippen LogP contribution is -2.38. The second kappa shape index (κ2) is 19.0. The highest BCUT2D eigenvalue weighted by Gasteiger charge is 2.46. The molecule has 0 spiro atoms. The number of fused-ring (bicyclic) bond motifs is 3. The molecule has 3 N–H and O–H groups in total. The zero-order valence-corrected chi connectivity index (χ0v) is 37.0. The normalized spacial score (nSPS) is 21.5. The number of hydrogen-bond acceptors (Lipinski definition) is 11. The van der Waals surface area contributed by atoms with Crippen LogP contribution in [0.15, 0.2) is 85.5 Å². The summed E-state index contributed by atoms with van der Waals surface area (Å²) in [5.74, 6) is -6.43. The van der Waals surface area contributed by atoms with E-state index in [1.54, 1.807) is 65.8 Å². The molecule has 0 saturated carbocycles. The Hall–Kier alpha value is -6.82. The fourth-order valence-corrected chi connectivity index (χ4v) is 8.61. The summed E-state index contributed by atoms with van der Waals surface area (Å²) in [6.45, 7) is 10.3. The summed E-state index contributed by atoms with van der Waals surface area (Å²) < 4.78 is 68.6. The van der Waals surface area contributed by atoms with Gasteiger partial charge in [0, 0.05) is 36.6 Å². The first-order valence-electron chi connectivity index (χ1n) is 21.4. The van der Waals surface area contributed by atoms with E-state index in [9.17, 15) is 37.5 Å². The van der Waals surface area contributed by atoms with E-state index >= 15 is 4.39 Å². The summed E-state index contributed by atoms with van der Waals surface area (Å²) in [6, 6.07) is 11.6. The van der Waals surface area contributed by atoms with E-state index in [0.717, 1.165) is 17.0 Å². The maximum absolute atomic E-state index is 15.1. The van der Waals surface area contributed by atoms with Crippen LogP contribution >= 0.6 is 0 Å². The first kappa shape index (κ1) is 47.2. The average Bonchev–Trinajstić information content (AvgIpc) is 3.33. The predicted octanol–water partition coefficient (Wildman–Crippen LogP) is 9.17. The van der Waals surface area contributed by atoms with Crippen LogP contribution in [0.25, 0.3) is 0 Å². The van der Waals surface area contributed by atoms with Gasteiger partial charge in [0.1, 0.15) is 11.2 Å². The average molecular weight is 912 g/mol. The van der Waals surface area contributed by atoms with Crippen LogP contribution in [-0.2, 0) is 9.47 Å². The van der Waals surface area contributed by atoms with E-state index in [0.29, 0.717) is 23.5 Å². The zero-order chi connectivity index (χ0) is 47.7. The van der Waals surface area contributed by atoms with Crippen molar-refractivity contribution in [2.24, 2.45) is 0 Å². The molecule has 6 atom stereocenters. The lowest BCUT2D eigenvalue weighted by Gasteiger charge is -2.29. The monoisotopic (exact) mass is 911 g/mol. The lowest BCUT2D eigenvalue weighted by atomic mass is 9.86. The van der Waals surface area contributed by atoms with Gasteiger partial charge in [-0.05, 0) is 103 Å². The van der Waals surface area contributed by atoms with Gasteiger partial charge >= 0.3 is 12.2 Å². The van der Waals surface area contributed by atoms with Crippen LogP contribution in [0.1, 0.15) is 158 Å². The first-order chi connectivity index (χ1) is 31.2. The molecule has 4 amide bonds. The van der Waals surface area contributed by atoms with Crippen molar-refractivity contribution in [1.82, 2.24) is 35.5 Å². The van der Waals surface area contributed by atoms with Crippen molar-refractivity contribution in [2.45, 2.75) is 114 Å². The van der Waals surface area contributed by atoms with Gasteiger partial charge in [-0.25, -0.2) is 27.2 Å². The number of aliphatic hydroxyl groups excluding tert-OH is 1. The Bertz CT molecular complexity index is 2620. The van der Waals surface area contributed by atoms with E-state index in [-0.39, 0.29) is 47.2 Å². The lowest BCUT2D eigenvalue weighted by molar-refractivity contribution is 0.0481. The van der Waals surface area contributed by atoms with Gasteiger partial charge in [-0.3, -0.25) is 34.4 Å². The van der Waals surface area contributed by atoms with E-state index in [4.69, 9.17) is 9.47 Å². The molecule has 2 aromatic heterocycles. The number of nitrogens with zero attached hydrogens (tertiary/aromatic N) is 5. The van der Waals surface area contributed by atoms with Crippen molar-refractivity contribution in [3.8, 4) is 0 Å². The maximum Gasteiger partial charge on any atom is 0.408 e. The molecule has 18 heteroatoms. The quantitative estimate of drug-likeness (QED) is 0.0868. The molecule has 3 aromatic carbocycles. The zero-order valence-electron chi connectivity index (χ0n) is 37.0. The molecule has 346 valence electrons. The molecule has 0 radical (unpaired) electrons. The number of hydrogen-bond donors (Lipinski definition) is 3. The summed E-state index contributed by atoms with van der Waals surface area (Å²) in [7, 11) is 0. The van der Waals surface area contributed by atoms with Crippen molar-refractivity contribution in [2.75, 3.05) is 0 Å². The molecule has 0 bridgehead atoms. The highest BCUT2D eigenvalue weighted by molar-refractivity contribution is 6.21. The number of carbonyl (C=O) groups excluding carboxylic acids is 4. The topological polar surface area (TPSA) is 186 Å². The number of aliphatic hydroxyl groups is 1. The van der Waals surface area contributed by atoms with Gasteiger partial charge in [-0.15, -0.1) is 0 Å². The van der Waals surface area contributed by atoms with Crippen LogP contribution in [0.5, 0.6) is 0 Å². The Labute approximate surface area is 378 Å². The van der Waals surface area contributed by atoms with Gasteiger partial charge in [0.25, 0.3) is 11.8 Å². The minimum atomic E-state index is -1.04. The van der Waals surface area contributed by atoms with Crippen LogP contribution in [0.2, 0.25) is 0 Å². The number of ether oxygens (including phenoxy) is 2. The molecule has 0 saturated heterocycles. The Balaban J connectivity index is 0.000000206. The smallest absolute Gasteiger partial charge is 0.408 e. The first-order valence-corrected chi connectivity index (χ1v) is 21.4. The summed E-state index contributed by atoms with van der Waals surface area (Å²) in [5, 5.41) is 16.0. The van der Waals surface area contributed by atoms with Crippen LogP contribution in [0.4, 0.5) is 27.2 Å². The Morgan fingerprint density at radius 1 is 0.591 bits per heavy atom. The number of nitrogens with one attached hydrogen (secondary N) is 2. The molecule has 2 aliphatic carbocycles. The largest absolute Gasteiger partial charge is 0.444 e. The maximum atomic E-state index is 15.1. The van der Waals surface area contributed by atoms with E-state index in [2.05, 4.69) is 30.6 Å². The third-order valence-electron chi connectivity index (χ3n) is 11.3. The minimum absolute atomic E-state index is 0.0330. The summed E-state index contributed by atoms with van der Waals surface area (Å²) in [4.78, 5) is 70.6. The molecular weight excluding hydrogens is 863 g/mol. The second-order valence-electron chi connectivity index (χ2n) is 18.1. The van der Waals surface area contributed by atoms with Crippen molar-refractivity contribution in [3.63, 3.8) is 0 Å². The molecule has 3 aliphatic rings. The van der Waals surface area contributed by atoms with Crippen LogP contribution in [0, 0.1) is 23.3 Å². The van der Waals surface area contributed by atoms with E-state index < -0.39 is 94.5 Å². The molecule has 0 fully saturated rings. The molecule has 1 aliphatic heterocycles. The van der Waals surface area contributed by atoms with Crippen LogP contribution in [0.3, 0.4) is 0 Å². The third kappa shape index (κ3) is 10.0. The van der Waals surface area contributed by atoms with Gasteiger partial charge in [-0.2, -0.15) is 0 Å². The molecule has 8 rings (SSSR count). The van der Waals surface area contributed by atoms with Crippen molar-refractivity contribution >= 4 is 24.0 Å². The summed E-state index contributed by atoms with van der Waals surface area (Å²) >= 11 is 0. The van der Waals surface area contributed by atoms with Gasteiger partial charge in [0.05, 0.1) is 58.1 Å². The number of halogens is 4. The van der Waals surface area contributed by atoms with Gasteiger partial charge in [-0.1, -0.05) is 36.4 Å². The molecule has 66 heavy (non-hydrogen) atoms. The van der Waals surface area contributed by atoms with E-state index in [1.807, 2.05) is 0 Å². The second-order valence-corrected chi connectivity index (χ2v) is 18.1. The van der Waals surface area contributed by atoms with E-state index in [1.165, 1.54) is 49.1 Å². The predicted molar refractivity (Wildman–Crippen MR) is 230 cm³/mol.